The van der Waals surface area contributed by atoms with E-state index in [1.54, 1.807) is 19.4 Å². The van der Waals surface area contributed by atoms with Crippen molar-refractivity contribution in [1.29, 1.82) is 0 Å². The predicted molar refractivity (Wildman–Crippen MR) is 269 cm³/mol. The van der Waals surface area contributed by atoms with Crippen LogP contribution < -0.4 is 23.7 Å². The van der Waals surface area contributed by atoms with Crippen molar-refractivity contribution in [3.8, 4) is 51.4 Å². The molecule has 370 valence electrons. The molecule has 10 rings (SSSR count). The quantitative estimate of drug-likeness (QED) is 0.120. The molecule has 3 aromatic carbocycles. The number of carbonyl (C=O) groups excluding carboxylic acids is 1. The Morgan fingerprint density at radius 3 is 2.43 bits per heavy atom. The lowest BCUT2D eigenvalue weighted by Crippen LogP contribution is -2.49. The molecule has 15 nitrogen and oxygen atoms in total. The van der Waals surface area contributed by atoms with E-state index in [0.29, 0.717) is 93.1 Å². The second-order valence-corrected chi connectivity index (χ2v) is 20.6. The number of thiophene rings is 1. The number of benzene rings is 3. The third kappa shape index (κ3) is 11.2. The lowest BCUT2D eigenvalue weighted by molar-refractivity contribution is -0.163. The minimum Gasteiger partial charge on any atom is -0.496 e. The van der Waals surface area contributed by atoms with E-state index in [0.717, 1.165) is 58.9 Å². The summed E-state index contributed by atoms with van der Waals surface area (Å²) in [5.74, 6) is 2.10. The number of likely N-dealkylation sites (N-methyl/N-ethyl adjacent to an activating group) is 1. The number of para-hydroxylation sites is 1. The zero-order valence-corrected chi connectivity index (χ0v) is 42.8. The second-order valence-electron chi connectivity index (χ2n) is 18.7. The van der Waals surface area contributed by atoms with Gasteiger partial charge in [-0.2, -0.15) is 0 Å². The summed E-state index contributed by atoms with van der Waals surface area (Å²) in [6, 6.07) is 14.9. The molecule has 0 amide bonds. The Morgan fingerprint density at radius 2 is 1.69 bits per heavy atom. The van der Waals surface area contributed by atoms with Gasteiger partial charge >= 0.3 is 5.97 Å². The number of ether oxygens (including phenoxy) is 8. The second kappa shape index (κ2) is 21.6. The number of hydrogen-bond donors (Lipinski definition) is 0. The third-order valence-electron chi connectivity index (χ3n) is 12.5. The van der Waals surface area contributed by atoms with Gasteiger partial charge in [-0.1, -0.05) is 35.3 Å². The molecule has 4 aliphatic rings. The molecule has 4 bridgehead atoms. The largest absolute Gasteiger partial charge is 0.496 e. The van der Waals surface area contributed by atoms with Gasteiger partial charge in [-0.25, -0.2) is 24.7 Å². The zero-order valence-electron chi connectivity index (χ0n) is 40.5. The number of rotatable bonds is 10. The molecule has 18 heteroatoms. The van der Waals surface area contributed by atoms with Gasteiger partial charge < -0.3 is 42.8 Å². The lowest BCUT2D eigenvalue weighted by atomic mass is 9.92. The fourth-order valence-electron chi connectivity index (χ4n) is 8.93. The molecule has 70 heavy (non-hydrogen) atoms. The van der Waals surface area contributed by atoms with Crippen LogP contribution >= 0.6 is 34.5 Å². The SMILES string of the molecule is COc1ccccc1-c1nccc(COc2ccc3cc2C[C@H](C(=O)OC(C)(C)C)Oc2ncnc4sc(C[C@@H]5COCCO5)c(c24)-c2c(C)c(Cl)c(c(Cl)c2C)O[C@H](CN2CCN(C)CC2)CO3)n1. The first-order valence-electron chi connectivity index (χ1n) is 23.5. The number of piperazine rings is 1. The fraction of sp³-hybridized carbons (Fsp3) is 0.442. The van der Waals surface area contributed by atoms with Crippen molar-refractivity contribution < 1.29 is 42.7 Å². The first-order chi connectivity index (χ1) is 33.7. The molecule has 0 aliphatic carbocycles. The molecule has 2 fully saturated rings. The molecule has 2 saturated heterocycles. The van der Waals surface area contributed by atoms with E-state index in [1.807, 2.05) is 77.1 Å². The number of methoxy groups -OCH3 is 1. The minimum atomic E-state index is -1.22. The maximum Gasteiger partial charge on any atom is 0.348 e. The number of carbonyl (C=O) groups is 1. The van der Waals surface area contributed by atoms with E-state index in [2.05, 4.69) is 21.8 Å². The minimum absolute atomic E-state index is 0.00794. The van der Waals surface area contributed by atoms with E-state index >= 15 is 0 Å². The molecular weight excluding hydrogens is 956 g/mol. The molecule has 0 N–H and O–H groups in total. The Hall–Kier alpha value is -5.33. The molecule has 7 heterocycles. The summed E-state index contributed by atoms with van der Waals surface area (Å²) < 4.78 is 50.8. The van der Waals surface area contributed by atoms with E-state index in [4.69, 9.17) is 76.0 Å². The van der Waals surface area contributed by atoms with Crippen LogP contribution in [-0.4, -0.2) is 133 Å². The van der Waals surface area contributed by atoms with Crippen molar-refractivity contribution >= 4 is 50.7 Å². The molecule has 0 saturated carbocycles. The molecule has 0 spiro atoms. The monoisotopic (exact) mass is 1010 g/mol. The first kappa shape index (κ1) is 49.6. The van der Waals surface area contributed by atoms with Gasteiger partial charge in [0.2, 0.25) is 12.0 Å². The summed E-state index contributed by atoms with van der Waals surface area (Å²) in [6.07, 6.45) is 1.70. The van der Waals surface area contributed by atoms with Gasteiger partial charge in [0.05, 0.1) is 59.7 Å². The van der Waals surface area contributed by atoms with Gasteiger partial charge in [-0.05, 0) is 94.8 Å². The predicted octanol–water partition coefficient (Wildman–Crippen LogP) is 9.00. The number of aromatic nitrogens is 4. The fourth-order valence-corrected chi connectivity index (χ4v) is 10.6. The lowest BCUT2D eigenvalue weighted by Gasteiger charge is -2.35. The highest BCUT2D eigenvalue weighted by Crippen LogP contribution is 2.51. The third-order valence-corrected chi connectivity index (χ3v) is 14.5. The number of halogens is 2. The summed E-state index contributed by atoms with van der Waals surface area (Å²) in [7, 11) is 3.74. The number of nitrogens with zero attached hydrogens (tertiary/aromatic N) is 6. The van der Waals surface area contributed by atoms with Gasteiger partial charge in [0.1, 0.15) is 53.3 Å². The Balaban J connectivity index is 1.17. The highest BCUT2D eigenvalue weighted by molar-refractivity contribution is 7.19. The first-order valence-corrected chi connectivity index (χ1v) is 25.0. The van der Waals surface area contributed by atoms with Crippen LogP contribution in [0.15, 0.2) is 61.1 Å². The van der Waals surface area contributed by atoms with Crippen molar-refractivity contribution in [1.82, 2.24) is 29.7 Å². The van der Waals surface area contributed by atoms with Crippen LogP contribution in [0.4, 0.5) is 0 Å². The summed E-state index contributed by atoms with van der Waals surface area (Å²) >= 11 is 16.4. The topological polar surface area (TPSA) is 149 Å². The smallest absolute Gasteiger partial charge is 0.348 e. The highest BCUT2D eigenvalue weighted by atomic mass is 35.5. The Kier molecular flexibility index (Phi) is 15.3. The summed E-state index contributed by atoms with van der Waals surface area (Å²) in [4.78, 5) is 39.7. The molecule has 3 atom stereocenters. The van der Waals surface area contributed by atoms with Gasteiger partial charge in [0.15, 0.2) is 11.6 Å². The van der Waals surface area contributed by atoms with E-state index in [9.17, 15) is 4.79 Å². The van der Waals surface area contributed by atoms with E-state index in [1.165, 1.54) is 17.7 Å². The van der Waals surface area contributed by atoms with Crippen LogP contribution in [-0.2, 0) is 38.5 Å². The van der Waals surface area contributed by atoms with Gasteiger partial charge in [-0.15, -0.1) is 11.3 Å². The molecule has 0 unspecified atom stereocenters. The van der Waals surface area contributed by atoms with E-state index < -0.39 is 23.8 Å². The van der Waals surface area contributed by atoms with Gasteiger partial charge in [-0.3, -0.25) is 4.90 Å². The summed E-state index contributed by atoms with van der Waals surface area (Å²) in [5, 5.41) is 1.34. The van der Waals surface area contributed by atoms with Gasteiger partial charge in [0.25, 0.3) is 0 Å². The standard InChI is InChI=1S/C52H58Cl2N6O9S/c1-30-42-31(2)46(54)47(45(30)53)67-36(25-60-18-16-59(6)17-19-60)28-65-34-12-13-38(66-26-33-14-15-55-48(58-33)37-10-8-9-11-39(37)62-7)32(22-34)23-40(51(61)69-52(3,4)5)68-49-44-43(42)41(70-50(44)57-29-56-49)24-35-27-63-20-21-64-35/h8-15,22,29,35-36,40H,16-21,23-28H2,1-7H3/t35-,36-,40-/m1/s1. The summed E-state index contributed by atoms with van der Waals surface area (Å²) in [5.41, 5.74) is 4.19. The summed E-state index contributed by atoms with van der Waals surface area (Å²) in [6.45, 7) is 15.2. The average Bonchev–Trinajstić information content (AvgIpc) is 3.71. The maximum atomic E-state index is 14.6. The average molecular weight is 1010 g/mol. The van der Waals surface area contributed by atoms with Crippen LogP contribution in [0.25, 0.3) is 32.7 Å². The molecule has 4 aliphatic heterocycles. The van der Waals surface area contributed by atoms with Crippen molar-refractivity contribution in [2.24, 2.45) is 0 Å². The van der Waals surface area contributed by atoms with Crippen molar-refractivity contribution in [3.05, 3.63) is 98.4 Å². The molecule has 6 aromatic rings. The normalized spacial score (nSPS) is 19.2. The Morgan fingerprint density at radius 1 is 0.900 bits per heavy atom. The van der Waals surface area contributed by atoms with Crippen molar-refractivity contribution in [2.75, 3.05) is 73.3 Å². The number of hydrogen-bond acceptors (Lipinski definition) is 16. The van der Waals surface area contributed by atoms with E-state index in [-0.39, 0.29) is 31.6 Å². The zero-order chi connectivity index (χ0) is 49.1. The van der Waals surface area contributed by atoms with Crippen LogP contribution in [0.1, 0.15) is 48.0 Å². The van der Waals surface area contributed by atoms with Crippen molar-refractivity contribution in [2.45, 2.75) is 78.0 Å². The molecule has 3 aromatic heterocycles. The molecular formula is C52H58Cl2N6O9S. The van der Waals surface area contributed by atoms with Crippen LogP contribution in [0.2, 0.25) is 10.0 Å². The van der Waals surface area contributed by atoms with Crippen LogP contribution in [0, 0.1) is 13.8 Å². The van der Waals surface area contributed by atoms with Crippen LogP contribution in [0.5, 0.6) is 28.9 Å². The highest BCUT2D eigenvalue weighted by Gasteiger charge is 2.34. The van der Waals surface area contributed by atoms with Gasteiger partial charge in [0, 0.05) is 67.8 Å². The van der Waals surface area contributed by atoms with Crippen LogP contribution in [0.3, 0.4) is 0 Å². The number of fused-ring (bicyclic) bond motifs is 7. The Labute approximate surface area is 422 Å². The number of esters is 1. The molecule has 0 radical (unpaired) electrons. The van der Waals surface area contributed by atoms with Crippen molar-refractivity contribution in [3.63, 3.8) is 0 Å². The Bertz CT molecular complexity index is 2820. The maximum absolute atomic E-state index is 14.6.